The maximum atomic E-state index is 12.4. The lowest BCUT2D eigenvalue weighted by molar-refractivity contribution is 0.479. The highest BCUT2D eigenvalue weighted by molar-refractivity contribution is 7.93. The Morgan fingerprint density at radius 2 is 1.82 bits per heavy atom. The summed E-state index contributed by atoms with van der Waals surface area (Å²) >= 11 is 1.04. The lowest BCUT2D eigenvalue weighted by Gasteiger charge is -2.12. The standard InChI is InChI=1S/C18H13N5O3S2/c1-11-5-14(6-12(2)16(11)9-20)26-17-4-3-15(7-13(17)8-19)28(24,25)23-18-22-21-10-27-18/h3-7,10H,1-2H3,(H,22,23). The monoisotopic (exact) mass is 411 g/mol. The van der Waals surface area contributed by atoms with Crippen molar-refractivity contribution in [2.45, 2.75) is 18.7 Å². The number of rotatable bonds is 5. The molecule has 2 aromatic carbocycles. The summed E-state index contributed by atoms with van der Waals surface area (Å²) in [4.78, 5) is -0.0983. The summed E-state index contributed by atoms with van der Waals surface area (Å²) in [5.74, 6) is 0.661. The highest BCUT2D eigenvalue weighted by Crippen LogP contribution is 2.30. The van der Waals surface area contributed by atoms with E-state index in [9.17, 15) is 13.7 Å². The molecule has 0 fully saturated rings. The van der Waals surface area contributed by atoms with Crippen LogP contribution in [0.2, 0.25) is 0 Å². The van der Waals surface area contributed by atoms with Crippen molar-refractivity contribution < 1.29 is 13.2 Å². The van der Waals surface area contributed by atoms with Crippen molar-refractivity contribution >= 4 is 26.5 Å². The van der Waals surface area contributed by atoms with Gasteiger partial charge in [0.05, 0.1) is 22.1 Å². The Balaban J connectivity index is 1.93. The second kappa shape index (κ2) is 7.64. The lowest BCUT2D eigenvalue weighted by Crippen LogP contribution is -2.13. The Kier molecular flexibility index (Phi) is 5.27. The number of aromatic nitrogens is 2. The first-order valence-electron chi connectivity index (χ1n) is 7.86. The second-order valence-electron chi connectivity index (χ2n) is 5.77. The van der Waals surface area contributed by atoms with Crippen LogP contribution in [0.3, 0.4) is 0 Å². The predicted octanol–water partition coefficient (Wildman–Crippen LogP) is 3.49. The molecule has 28 heavy (non-hydrogen) atoms. The smallest absolute Gasteiger partial charge is 0.263 e. The van der Waals surface area contributed by atoms with Gasteiger partial charge in [0.1, 0.15) is 23.1 Å². The molecule has 0 radical (unpaired) electrons. The van der Waals surface area contributed by atoms with Crippen molar-refractivity contribution in [3.63, 3.8) is 0 Å². The van der Waals surface area contributed by atoms with Gasteiger partial charge in [0.25, 0.3) is 10.0 Å². The van der Waals surface area contributed by atoms with Crippen LogP contribution in [0.4, 0.5) is 5.13 Å². The zero-order valence-corrected chi connectivity index (χ0v) is 16.4. The summed E-state index contributed by atoms with van der Waals surface area (Å²) in [7, 11) is -3.91. The van der Waals surface area contributed by atoms with Gasteiger partial charge in [-0.05, 0) is 55.3 Å². The summed E-state index contributed by atoms with van der Waals surface area (Å²) in [6.07, 6.45) is 0. The molecule has 0 saturated heterocycles. The SMILES string of the molecule is Cc1cc(Oc2ccc(S(=O)(=O)Nc3nncs3)cc2C#N)cc(C)c1C#N. The van der Waals surface area contributed by atoms with Crippen molar-refractivity contribution in [2.24, 2.45) is 0 Å². The minimum absolute atomic E-state index is 0.0554. The number of hydrogen-bond acceptors (Lipinski definition) is 8. The third-order valence-corrected chi connectivity index (χ3v) is 5.88. The number of ether oxygens (including phenoxy) is 1. The molecule has 0 aliphatic heterocycles. The van der Waals surface area contributed by atoms with Crippen LogP contribution >= 0.6 is 11.3 Å². The molecule has 10 heteroatoms. The average Bonchev–Trinajstić information content (AvgIpc) is 3.14. The third kappa shape index (κ3) is 3.93. The minimum atomic E-state index is -3.91. The molecule has 1 aromatic heterocycles. The first-order chi connectivity index (χ1) is 13.3. The molecule has 1 heterocycles. The molecule has 8 nitrogen and oxygen atoms in total. The average molecular weight is 411 g/mol. The Hall–Kier alpha value is -3.47. The molecular weight excluding hydrogens is 398 g/mol. The van der Waals surface area contributed by atoms with E-state index >= 15 is 0 Å². The van der Waals surface area contributed by atoms with Crippen LogP contribution in [0.1, 0.15) is 22.3 Å². The maximum absolute atomic E-state index is 12.4. The molecule has 3 rings (SSSR count). The second-order valence-corrected chi connectivity index (χ2v) is 8.28. The van der Waals surface area contributed by atoms with Crippen LogP contribution in [0, 0.1) is 36.5 Å². The van der Waals surface area contributed by atoms with Crippen LogP contribution in [-0.4, -0.2) is 18.6 Å². The van der Waals surface area contributed by atoms with E-state index in [1.165, 1.54) is 23.7 Å². The van der Waals surface area contributed by atoms with E-state index < -0.39 is 10.0 Å². The van der Waals surface area contributed by atoms with Gasteiger partial charge in [-0.15, -0.1) is 10.2 Å². The van der Waals surface area contributed by atoms with E-state index in [1.807, 2.05) is 6.07 Å². The first-order valence-corrected chi connectivity index (χ1v) is 10.2. The predicted molar refractivity (Wildman–Crippen MR) is 103 cm³/mol. The fraction of sp³-hybridized carbons (Fsp3) is 0.111. The van der Waals surface area contributed by atoms with Crippen LogP contribution < -0.4 is 9.46 Å². The molecule has 0 bridgehead atoms. The van der Waals surface area contributed by atoms with E-state index in [4.69, 9.17) is 10.00 Å². The number of anilines is 1. The topological polar surface area (TPSA) is 129 Å². The molecule has 3 aromatic rings. The summed E-state index contributed by atoms with van der Waals surface area (Å²) in [5, 5.41) is 25.9. The molecular formula is C18H13N5O3S2. The zero-order chi connectivity index (χ0) is 20.3. The summed E-state index contributed by atoms with van der Waals surface area (Å²) in [5.41, 5.74) is 3.52. The van der Waals surface area contributed by atoms with E-state index in [2.05, 4.69) is 21.0 Å². The largest absolute Gasteiger partial charge is 0.456 e. The molecule has 0 aliphatic rings. The van der Waals surface area contributed by atoms with Gasteiger partial charge in [0.2, 0.25) is 5.13 Å². The minimum Gasteiger partial charge on any atom is -0.456 e. The van der Waals surface area contributed by atoms with E-state index in [0.29, 0.717) is 11.3 Å². The zero-order valence-electron chi connectivity index (χ0n) is 14.8. The van der Waals surface area contributed by atoms with Gasteiger partial charge in [-0.25, -0.2) is 8.42 Å². The molecule has 0 aliphatic carbocycles. The van der Waals surface area contributed by atoms with Crippen molar-refractivity contribution in [1.82, 2.24) is 10.2 Å². The Labute approximate surface area is 165 Å². The number of hydrogen-bond donors (Lipinski definition) is 1. The van der Waals surface area contributed by atoms with Crippen LogP contribution in [0.25, 0.3) is 0 Å². The number of nitrogens with one attached hydrogen (secondary N) is 1. The molecule has 0 unspecified atom stereocenters. The Morgan fingerprint density at radius 1 is 1.11 bits per heavy atom. The summed E-state index contributed by atoms with van der Waals surface area (Å²) in [6, 6.07) is 11.4. The molecule has 1 N–H and O–H groups in total. The highest BCUT2D eigenvalue weighted by atomic mass is 32.2. The van der Waals surface area contributed by atoms with Crippen molar-refractivity contribution in [2.75, 3.05) is 4.72 Å². The van der Waals surface area contributed by atoms with Gasteiger partial charge in [-0.3, -0.25) is 4.72 Å². The van der Waals surface area contributed by atoms with Gasteiger partial charge in [0, 0.05) is 0 Å². The van der Waals surface area contributed by atoms with E-state index in [1.54, 1.807) is 26.0 Å². The number of benzene rings is 2. The molecule has 0 saturated carbocycles. The van der Waals surface area contributed by atoms with Gasteiger partial charge < -0.3 is 4.74 Å². The lowest BCUT2D eigenvalue weighted by atomic mass is 10.0. The van der Waals surface area contributed by atoms with Gasteiger partial charge in [0.15, 0.2) is 0 Å². The van der Waals surface area contributed by atoms with E-state index in [-0.39, 0.29) is 21.3 Å². The fourth-order valence-electron chi connectivity index (χ4n) is 2.53. The Bertz CT molecular complexity index is 1200. The van der Waals surface area contributed by atoms with Crippen LogP contribution in [0.15, 0.2) is 40.7 Å². The quantitative estimate of drug-likeness (QED) is 0.680. The number of nitrogens with zero attached hydrogens (tertiary/aromatic N) is 4. The van der Waals surface area contributed by atoms with Crippen molar-refractivity contribution in [1.29, 1.82) is 10.5 Å². The summed E-state index contributed by atoms with van der Waals surface area (Å²) in [6.45, 7) is 3.58. The normalized spacial score (nSPS) is 10.7. The molecule has 140 valence electrons. The van der Waals surface area contributed by atoms with Crippen molar-refractivity contribution in [3.05, 3.63) is 58.1 Å². The summed E-state index contributed by atoms with van der Waals surface area (Å²) < 4.78 is 33.0. The Morgan fingerprint density at radius 3 is 2.39 bits per heavy atom. The van der Waals surface area contributed by atoms with Gasteiger partial charge in [-0.1, -0.05) is 11.3 Å². The fourth-order valence-corrected chi connectivity index (χ4v) is 4.25. The molecule has 0 spiro atoms. The molecule has 0 amide bonds. The first kappa shape index (κ1) is 19.3. The van der Waals surface area contributed by atoms with Crippen LogP contribution in [0.5, 0.6) is 11.5 Å². The molecule has 0 atom stereocenters. The van der Waals surface area contributed by atoms with Gasteiger partial charge >= 0.3 is 0 Å². The van der Waals surface area contributed by atoms with Gasteiger partial charge in [-0.2, -0.15) is 10.5 Å². The van der Waals surface area contributed by atoms with E-state index in [0.717, 1.165) is 22.5 Å². The third-order valence-electron chi connectivity index (χ3n) is 3.81. The number of nitriles is 2. The number of sulfonamides is 1. The van der Waals surface area contributed by atoms with Crippen LogP contribution in [-0.2, 0) is 10.0 Å². The van der Waals surface area contributed by atoms with Crippen molar-refractivity contribution in [3.8, 4) is 23.6 Å². The highest BCUT2D eigenvalue weighted by Gasteiger charge is 2.19. The maximum Gasteiger partial charge on any atom is 0.263 e. The number of aryl methyl sites for hydroxylation is 2.